The molecule has 7 nitrogen and oxygen atoms in total. The number of piperidine rings is 1. The van der Waals surface area contributed by atoms with Crippen LogP contribution in [0, 0.1) is 5.92 Å². The molecule has 0 bridgehead atoms. The Morgan fingerprint density at radius 2 is 1.46 bits per heavy atom. The Labute approximate surface area is 205 Å². The summed E-state index contributed by atoms with van der Waals surface area (Å²) in [5.74, 6) is -0.220. The van der Waals surface area contributed by atoms with Crippen molar-refractivity contribution < 1.29 is 23.1 Å². The molecule has 1 aliphatic heterocycles. The van der Waals surface area contributed by atoms with Crippen molar-refractivity contribution in [2.24, 2.45) is 5.92 Å². The van der Waals surface area contributed by atoms with E-state index >= 15 is 0 Å². The van der Waals surface area contributed by atoms with E-state index in [0.29, 0.717) is 42.7 Å². The van der Waals surface area contributed by atoms with Gasteiger partial charge < -0.3 is 10.0 Å². The molecule has 0 aromatic heterocycles. The third kappa shape index (κ3) is 5.22. The van der Waals surface area contributed by atoms with E-state index in [1.54, 1.807) is 60.4 Å². The standard InChI is InChI=1S/C27H28N2O5S/c1-2-29(23-6-4-3-5-7-23)35(33,34)25-14-10-22(11-15-25)27(32)28-18-16-21(17-19-28)26(31)20-8-12-24(30)13-9-20/h3-15,21,30H,2,16-19H2,1H3. The van der Waals surface area contributed by atoms with Gasteiger partial charge in [-0.05, 0) is 80.4 Å². The molecule has 1 fully saturated rings. The lowest BCUT2D eigenvalue weighted by molar-refractivity contribution is 0.0650. The number of sulfonamides is 1. The van der Waals surface area contributed by atoms with Crippen molar-refractivity contribution in [2.45, 2.75) is 24.7 Å². The Kier molecular flexibility index (Phi) is 7.21. The van der Waals surface area contributed by atoms with Gasteiger partial charge in [0.15, 0.2) is 5.78 Å². The van der Waals surface area contributed by atoms with Crippen LogP contribution >= 0.6 is 0 Å². The minimum atomic E-state index is -3.76. The molecule has 182 valence electrons. The largest absolute Gasteiger partial charge is 0.508 e. The first-order chi connectivity index (χ1) is 16.8. The van der Waals surface area contributed by atoms with Crippen molar-refractivity contribution in [3.63, 3.8) is 0 Å². The monoisotopic (exact) mass is 492 g/mol. The molecule has 0 atom stereocenters. The van der Waals surface area contributed by atoms with Gasteiger partial charge in [-0.25, -0.2) is 8.42 Å². The summed E-state index contributed by atoms with van der Waals surface area (Å²) in [6.45, 7) is 2.96. The number of aromatic hydroxyl groups is 1. The topological polar surface area (TPSA) is 95.0 Å². The summed E-state index contributed by atoms with van der Waals surface area (Å²) in [6.07, 6.45) is 1.11. The summed E-state index contributed by atoms with van der Waals surface area (Å²) in [5, 5.41) is 9.42. The Morgan fingerprint density at radius 3 is 2.03 bits per heavy atom. The molecule has 1 aliphatic rings. The molecule has 1 N–H and O–H groups in total. The van der Waals surface area contributed by atoms with Gasteiger partial charge in [0.2, 0.25) is 0 Å². The number of phenolic OH excluding ortho intramolecular Hbond substituents is 1. The van der Waals surface area contributed by atoms with Crippen LogP contribution in [0.5, 0.6) is 5.75 Å². The van der Waals surface area contributed by atoms with E-state index in [1.165, 1.54) is 28.6 Å². The molecule has 0 aliphatic carbocycles. The van der Waals surface area contributed by atoms with E-state index in [1.807, 2.05) is 6.07 Å². The number of anilines is 1. The Hall–Kier alpha value is -3.65. The van der Waals surface area contributed by atoms with Gasteiger partial charge in [0, 0.05) is 36.7 Å². The maximum Gasteiger partial charge on any atom is 0.264 e. The molecule has 1 heterocycles. The molecular weight excluding hydrogens is 464 g/mol. The smallest absolute Gasteiger partial charge is 0.264 e. The SMILES string of the molecule is CCN(c1ccccc1)S(=O)(=O)c1ccc(C(=O)N2CCC(C(=O)c3ccc(O)cc3)CC2)cc1. The van der Waals surface area contributed by atoms with Gasteiger partial charge in [-0.3, -0.25) is 13.9 Å². The molecule has 3 aromatic carbocycles. The summed E-state index contributed by atoms with van der Waals surface area (Å²) < 4.78 is 27.7. The van der Waals surface area contributed by atoms with Crippen molar-refractivity contribution in [2.75, 3.05) is 23.9 Å². The number of nitrogens with zero attached hydrogens (tertiary/aromatic N) is 2. The van der Waals surface area contributed by atoms with Crippen molar-refractivity contribution in [3.8, 4) is 5.75 Å². The highest BCUT2D eigenvalue weighted by Crippen LogP contribution is 2.26. The zero-order valence-electron chi connectivity index (χ0n) is 19.5. The quantitative estimate of drug-likeness (QED) is 0.495. The molecule has 0 spiro atoms. The van der Waals surface area contributed by atoms with Crippen LogP contribution in [0.25, 0.3) is 0 Å². The number of carbonyl (C=O) groups excluding carboxylic acids is 2. The number of phenols is 1. The second-order valence-corrected chi connectivity index (χ2v) is 10.4. The lowest BCUT2D eigenvalue weighted by atomic mass is 9.88. The number of amides is 1. The van der Waals surface area contributed by atoms with Crippen LogP contribution < -0.4 is 4.31 Å². The van der Waals surface area contributed by atoms with Crippen LogP contribution in [0.3, 0.4) is 0 Å². The van der Waals surface area contributed by atoms with E-state index in [4.69, 9.17) is 0 Å². The Bertz CT molecular complexity index is 1280. The first-order valence-corrected chi connectivity index (χ1v) is 13.1. The normalized spacial score (nSPS) is 14.5. The minimum absolute atomic E-state index is 0.0190. The maximum absolute atomic E-state index is 13.2. The van der Waals surface area contributed by atoms with Crippen LogP contribution in [0.1, 0.15) is 40.5 Å². The number of benzene rings is 3. The molecule has 4 rings (SSSR count). The second-order valence-electron chi connectivity index (χ2n) is 8.51. The van der Waals surface area contributed by atoms with E-state index < -0.39 is 10.0 Å². The van der Waals surface area contributed by atoms with Crippen LogP contribution in [0.2, 0.25) is 0 Å². The van der Waals surface area contributed by atoms with Crippen LogP contribution in [-0.2, 0) is 10.0 Å². The number of Topliss-reactive ketones (excluding diaryl/α,β-unsaturated/α-hetero) is 1. The second kappa shape index (κ2) is 10.3. The van der Waals surface area contributed by atoms with Gasteiger partial charge in [0.05, 0.1) is 10.6 Å². The average Bonchev–Trinajstić information content (AvgIpc) is 2.89. The molecule has 1 saturated heterocycles. The third-order valence-electron chi connectivity index (χ3n) is 6.33. The van der Waals surface area contributed by atoms with Crippen LogP contribution in [-0.4, -0.2) is 49.7 Å². The molecule has 0 saturated carbocycles. The van der Waals surface area contributed by atoms with E-state index in [9.17, 15) is 23.1 Å². The van der Waals surface area contributed by atoms with Gasteiger partial charge in [-0.2, -0.15) is 0 Å². The highest BCUT2D eigenvalue weighted by molar-refractivity contribution is 7.92. The summed E-state index contributed by atoms with van der Waals surface area (Å²) in [7, 11) is -3.76. The molecule has 35 heavy (non-hydrogen) atoms. The molecule has 8 heteroatoms. The minimum Gasteiger partial charge on any atom is -0.508 e. The lowest BCUT2D eigenvalue weighted by Gasteiger charge is -2.31. The van der Waals surface area contributed by atoms with Gasteiger partial charge in [0.1, 0.15) is 5.75 Å². The first-order valence-electron chi connectivity index (χ1n) is 11.6. The van der Waals surface area contributed by atoms with Crippen LogP contribution in [0.15, 0.2) is 83.8 Å². The zero-order valence-corrected chi connectivity index (χ0v) is 20.3. The molecule has 0 radical (unpaired) electrons. The van der Waals surface area contributed by atoms with Crippen LogP contribution in [0.4, 0.5) is 5.69 Å². The first kappa shape index (κ1) is 24.5. The lowest BCUT2D eigenvalue weighted by Crippen LogP contribution is -2.40. The number of ketones is 1. The summed E-state index contributed by atoms with van der Waals surface area (Å²) in [5.41, 5.74) is 1.55. The van der Waals surface area contributed by atoms with Crippen molar-refractivity contribution >= 4 is 27.4 Å². The summed E-state index contributed by atoms with van der Waals surface area (Å²) in [4.78, 5) is 27.6. The predicted molar refractivity (Wildman–Crippen MR) is 134 cm³/mol. The zero-order chi connectivity index (χ0) is 25.0. The fraction of sp³-hybridized carbons (Fsp3) is 0.259. The van der Waals surface area contributed by atoms with Gasteiger partial charge in [-0.1, -0.05) is 18.2 Å². The number of rotatable bonds is 7. The maximum atomic E-state index is 13.2. The van der Waals surface area contributed by atoms with E-state index in [2.05, 4.69) is 0 Å². The van der Waals surface area contributed by atoms with Gasteiger partial charge >= 0.3 is 0 Å². The van der Waals surface area contributed by atoms with Gasteiger partial charge in [0.25, 0.3) is 15.9 Å². The Morgan fingerprint density at radius 1 is 0.886 bits per heavy atom. The van der Waals surface area contributed by atoms with E-state index in [-0.39, 0.29) is 34.8 Å². The molecule has 1 amide bonds. The Balaban J connectivity index is 1.41. The molecular formula is C27H28N2O5S. The summed E-state index contributed by atoms with van der Waals surface area (Å²) in [6, 6.07) is 21.1. The fourth-order valence-electron chi connectivity index (χ4n) is 4.37. The number of hydrogen-bond acceptors (Lipinski definition) is 5. The highest BCUT2D eigenvalue weighted by atomic mass is 32.2. The number of para-hydroxylation sites is 1. The molecule has 3 aromatic rings. The molecule has 0 unspecified atom stereocenters. The third-order valence-corrected chi connectivity index (χ3v) is 8.24. The number of carbonyl (C=O) groups is 2. The van der Waals surface area contributed by atoms with Crippen molar-refractivity contribution in [3.05, 3.63) is 90.0 Å². The highest BCUT2D eigenvalue weighted by Gasteiger charge is 2.29. The van der Waals surface area contributed by atoms with Gasteiger partial charge in [-0.15, -0.1) is 0 Å². The van der Waals surface area contributed by atoms with Crippen molar-refractivity contribution in [1.82, 2.24) is 4.90 Å². The average molecular weight is 493 g/mol. The summed E-state index contributed by atoms with van der Waals surface area (Å²) >= 11 is 0. The number of likely N-dealkylation sites (tertiary alicyclic amines) is 1. The number of hydrogen-bond donors (Lipinski definition) is 1. The van der Waals surface area contributed by atoms with Crippen molar-refractivity contribution in [1.29, 1.82) is 0 Å². The fourth-order valence-corrected chi connectivity index (χ4v) is 5.84. The predicted octanol–water partition coefficient (Wildman–Crippen LogP) is 4.34. The van der Waals surface area contributed by atoms with E-state index in [0.717, 1.165) is 0 Å².